The van der Waals surface area contributed by atoms with Crippen molar-refractivity contribution in [3.05, 3.63) is 82.1 Å². The van der Waals surface area contributed by atoms with Crippen LogP contribution in [0.25, 0.3) is 0 Å². The van der Waals surface area contributed by atoms with Crippen LogP contribution in [0.1, 0.15) is 5.56 Å². The van der Waals surface area contributed by atoms with Gasteiger partial charge in [-0.05, 0) is 73.2 Å². The number of carbonyl (C=O) groups is 1. The summed E-state index contributed by atoms with van der Waals surface area (Å²) in [6.45, 7) is 1.47. The van der Waals surface area contributed by atoms with E-state index < -0.39 is 21.7 Å². The summed E-state index contributed by atoms with van der Waals surface area (Å²) in [5.41, 5.74) is 1.59. The maximum Gasteiger partial charge on any atom is 0.262 e. The van der Waals surface area contributed by atoms with Crippen LogP contribution >= 0.6 is 23.2 Å². The summed E-state index contributed by atoms with van der Waals surface area (Å²) in [5, 5.41) is 3.27. The summed E-state index contributed by atoms with van der Waals surface area (Å²) in [6, 6.07) is 13.8. The molecule has 3 aromatic carbocycles. The Labute approximate surface area is 189 Å². The van der Waals surface area contributed by atoms with E-state index in [0.29, 0.717) is 10.7 Å². The Morgan fingerprint density at radius 2 is 1.74 bits per heavy atom. The molecule has 6 nitrogen and oxygen atoms in total. The minimum atomic E-state index is -3.95. The number of halogens is 3. The first kappa shape index (κ1) is 22.9. The molecule has 0 spiro atoms. The number of nitrogens with one attached hydrogen (secondary N) is 2. The molecule has 10 heteroatoms. The fourth-order valence-electron chi connectivity index (χ4n) is 2.59. The van der Waals surface area contributed by atoms with E-state index in [1.807, 2.05) is 0 Å². The number of aryl methyl sites for hydroxylation is 1. The fraction of sp³-hybridized carbons (Fsp3) is 0.0952. The van der Waals surface area contributed by atoms with Gasteiger partial charge < -0.3 is 10.1 Å². The molecule has 1 amide bonds. The van der Waals surface area contributed by atoms with Crippen molar-refractivity contribution in [3.63, 3.8) is 0 Å². The lowest BCUT2D eigenvalue weighted by atomic mass is 10.2. The van der Waals surface area contributed by atoms with Crippen LogP contribution in [-0.2, 0) is 14.8 Å². The highest BCUT2D eigenvalue weighted by Gasteiger charge is 2.17. The first-order valence-corrected chi connectivity index (χ1v) is 11.1. The molecule has 0 aliphatic heterocycles. The van der Waals surface area contributed by atoms with Gasteiger partial charge in [-0.1, -0.05) is 23.2 Å². The van der Waals surface area contributed by atoms with Crippen LogP contribution in [-0.4, -0.2) is 20.9 Å². The van der Waals surface area contributed by atoms with Crippen LogP contribution in [0.5, 0.6) is 5.75 Å². The zero-order valence-corrected chi connectivity index (χ0v) is 18.5. The molecule has 0 unspecified atom stereocenters. The van der Waals surface area contributed by atoms with Gasteiger partial charge >= 0.3 is 0 Å². The zero-order chi connectivity index (χ0) is 22.6. The lowest BCUT2D eigenvalue weighted by molar-refractivity contribution is -0.118. The van der Waals surface area contributed by atoms with Gasteiger partial charge in [-0.15, -0.1) is 0 Å². The van der Waals surface area contributed by atoms with E-state index in [1.54, 1.807) is 25.1 Å². The Balaban J connectivity index is 1.64. The lowest BCUT2D eigenvalue weighted by Gasteiger charge is -2.12. The Kier molecular flexibility index (Phi) is 7.04. The molecular formula is C21H17Cl2FN2O4S. The zero-order valence-electron chi connectivity index (χ0n) is 16.2. The number of rotatable bonds is 7. The van der Waals surface area contributed by atoms with Crippen LogP contribution in [0.2, 0.25) is 10.0 Å². The van der Waals surface area contributed by atoms with Crippen molar-refractivity contribution < 1.29 is 22.3 Å². The Hall–Kier alpha value is -2.81. The summed E-state index contributed by atoms with van der Waals surface area (Å²) >= 11 is 12.0. The van der Waals surface area contributed by atoms with E-state index in [1.165, 1.54) is 30.3 Å². The van der Waals surface area contributed by atoms with Crippen molar-refractivity contribution >= 4 is 50.5 Å². The van der Waals surface area contributed by atoms with Crippen molar-refractivity contribution in [2.75, 3.05) is 16.6 Å². The predicted octanol–water partition coefficient (Wildman–Crippen LogP) is 5.26. The molecule has 3 aromatic rings. The smallest absolute Gasteiger partial charge is 0.262 e. The third-order valence-corrected chi connectivity index (χ3v) is 6.04. The molecule has 31 heavy (non-hydrogen) atoms. The molecule has 3 rings (SSSR count). The average Bonchev–Trinajstić information content (AvgIpc) is 2.70. The second-order valence-electron chi connectivity index (χ2n) is 6.50. The van der Waals surface area contributed by atoms with Gasteiger partial charge in [-0.25, -0.2) is 12.8 Å². The maximum atomic E-state index is 13.0. The summed E-state index contributed by atoms with van der Waals surface area (Å²) in [7, 11) is -3.95. The molecular weight excluding hydrogens is 466 g/mol. The first-order chi connectivity index (χ1) is 14.6. The minimum absolute atomic E-state index is 0.0115. The lowest BCUT2D eigenvalue weighted by Crippen LogP contribution is -2.20. The van der Waals surface area contributed by atoms with Crippen molar-refractivity contribution in [1.82, 2.24) is 0 Å². The van der Waals surface area contributed by atoms with Crippen LogP contribution in [0.15, 0.2) is 65.6 Å². The summed E-state index contributed by atoms with van der Waals surface area (Å²) in [4.78, 5) is 12.0. The predicted molar refractivity (Wildman–Crippen MR) is 119 cm³/mol. The van der Waals surface area contributed by atoms with E-state index in [9.17, 15) is 17.6 Å². The van der Waals surface area contributed by atoms with E-state index in [0.717, 1.165) is 17.7 Å². The quantitative estimate of drug-likeness (QED) is 0.480. The van der Waals surface area contributed by atoms with Crippen molar-refractivity contribution in [3.8, 4) is 5.75 Å². The van der Waals surface area contributed by atoms with Crippen LogP contribution in [0.4, 0.5) is 15.8 Å². The molecule has 0 bridgehead atoms. The number of benzene rings is 3. The maximum absolute atomic E-state index is 13.0. The van der Waals surface area contributed by atoms with Gasteiger partial charge in [-0.2, -0.15) is 0 Å². The largest absolute Gasteiger partial charge is 0.482 e. The van der Waals surface area contributed by atoms with Crippen molar-refractivity contribution in [2.24, 2.45) is 0 Å². The van der Waals surface area contributed by atoms with Crippen LogP contribution in [0.3, 0.4) is 0 Å². The molecule has 0 heterocycles. The molecule has 0 saturated heterocycles. The third kappa shape index (κ3) is 6.10. The number of hydrogen-bond donors (Lipinski definition) is 2. The molecule has 0 atom stereocenters. The highest BCUT2D eigenvalue weighted by atomic mass is 35.5. The minimum Gasteiger partial charge on any atom is -0.482 e. The topological polar surface area (TPSA) is 84.5 Å². The van der Waals surface area contributed by atoms with Crippen LogP contribution in [0, 0.1) is 12.7 Å². The Morgan fingerprint density at radius 3 is 2.39 bits per heavy atom. The van der Waals surface area contributed by atoms with Crippen molar-refractivity contribution in [1.29, 1.82) is 0 Å². The number of anilines is 2. The number of sulfonamides is 1. The second-order valence-corrected chi connectivity index (χ2v) is 9.03. The second kappa shape index (κ2) is 9.55. The van der Waals surface area contributed by atoms with Gasteiger partial charge in [0, 0.05) is 16.4 Å². The van der Waals surface area contributed by atoms with E-state index in [-0.39, 0.29) is 28.0 Å². The van der Waals surface area contributed by atoms with Gasteiger partial charge in [0.2, 0.25) is 0 Å². The number of hydrogen-bond acceptors (Lipinski definition) is 4. The van der Waals surface area contributed by atoms with E-state index in [2.05, 4.69) is 10.0 Å². The molecule has 0 aromatic heterocycles. The van der Waals surface area contributed by atoms with Crippen molar-refractivity contribution in [2.45, 2.75) is 11.8 Å². The van der Waals surface area contributed by atoms with Gasteiger partial charge in [0.15, 0.2) is 6.61 Å². The summed E-state index contributed by atoms with van der Waals surface area (Å²) in [5.74, 6) is -0.760. The SMILES string of the molecule is Cc1cc(Cl)ccc1NC(=O)COc1ccc(S(=O)(=O)Nc2ccc(F)cc2)cc1Cl. The molecule has 0 radical (unpaired) electrons. The standard InChI is InChI=1S/C21H17Cl2FN2O4S/c1-13-10-14(22)2-8-19(13)25-21(27)12-30-20-9-7-17(11-18(20)23)31(28,29)26-16-5-3-15(24)4-6-16/h2-11,26H,12H2,1H3,(H,25,27). The molecule has 0 aliphatic rings. The van der Waals surface area contributed by atoms with Crippen LogP contribution < -0.4 is 14.8 Å². The normalized spacial score (nSPS) is 11.1. The molecule has 0 fully saturated rings. The monoisotopic (exact) mass is 482 g/mol. The highest BCUT2D eigenvalue weighted by Crippen LogP contribution is 2.28. The Bertz CT molecular complexity index is 1220. The highest BCUT2D eigenvalue weighted by molar-refractivity contribution is 7.92. The van der Waals surface area contributed by atoms with E-state index in [4.69, 9.17) is 27.9 Å². The summed E-state index contributed by atoms with van der Waals surface area (Å²) in [6.07, 6.45) is 0. The van der Waals surface area contributed by atoms with Gasteiger partial charge in [0.25, 0.3) is 15.9 Å². The fourth-order valence-corrected chi connectivity index (χ4v) is 4.21. The first-order valence-electron chi connectivity index (χ1n) is 8.91. The third-order valence-electron chi connectivity index (χ3n) is 4.13. The molecule has 0 aliphatic carbocycles. The average molecular weight is 483 g/mol. The van der Waals surface area contributed by atoms with E-state index >= 15 is 0 Å². The van der Waals surface area contributed by atoms with Gasteiger partial charge in [0.05, 0.1) is 9.92 Å². The number of amides is 1. The molecule has 0 saturated carbocycles. The number of carbonyl (C=O) groups excluding carboxylic acids is 1. The molecule has 162 valence electrons. The molecule has 2 N–H and O–H groups in total. The summed E-state index contributed by atoms with van der Waals surface area (Å²) < 4.78 is 45.7. The Morgan fingerprint density at radius 1 is 1.03 bits per heavy atom. The van der Waals surface area contributed by atoms with Gasteiger partial charge in [0.1, 0.15) is 11.6 Å². The number of ether oxygens (including phenoxy) is 1. The van der Waals surface area contributed by atoms with Gasteiger partial charge in [-0.3, -0.25) is 9.52 Å².